The third-order valence-electron chi connectivity index (χ3n) is 5.92. The molecule has 0 saturated carbocycles. The lowest BCUT2D eigenvalue weighted by Crippen LogP contribution is -2.51. The molecule has 0 amide bonds. The minimum atomic E-state index is -3.91. The van der Waals surface area contributed by atoms with Gasteiger partial charge in [0, 0.05) is 12.0 Å². The van der Waals surface area contributed by atoms with Gasteiger partial charge in [-0.15, -0.1) is 0 Å². The Bertz CT molecular complexity index is 687. The van der Waals surface area contributed by atoms with Crippen molar-refractivity contribution in [1.29, 1.82) is 0 Å². The van der Waals surface area contributed by atoms with E-state index in [4.69, 9.17) is 4.55 Å². The molecule has 160 valence electrons. The molecule has 1 aromatic rings. The number of benzene rings is 1. The van der Waals surface area contributed by atoms with Gasteiger partial charge in [-0.25, -0.2) is 0 Å². The summed E-state index contributed by atoms with van der Waals surface area (Å²) in [5.41, 5.74) is 2.37. The average Bonchev–Trinajstić information content (AvgIpc) is 2.63. The maximum atomic E-state index is 11.2. The number of nitrogens with zero attached hydrogens (tertiary/aromatic N) is 1. The van der Waals surface area contributed by atoms with Gasteiger partial charge in [-0.1, -0.05) is 75.9 Å². The second-order valence-corrected chi connectivity index (χ2v) is 9.88. The highest BCUT2D eigenvalue weighted by atomic mass is 32.2. The van der Waals surface area contributed by atoms with Crippen LogP contribution in [0.5, 0.6) is 0 Å². The molecule has 0 aliphatic heterocycles. The van der Waals surface area contributed by atoms with Gasteiger partial charge in [-0.2, -0.15) is 8.42 Å². The van der Waals surface area contributed by atoms with Crippen molar-refractivity contribution in [2.45, 2.75) is 77.8 Å². The van der Waals surface area contributed by atoms with E-state index in [9.17, 15) is 8.42 Å². The SMILES string of the molecule is C=Cc1ccccc1C[N+](C)(CCCS(=O)(=O)O)C(C)CCCCCCCC. The van der Waals surface area contributed by atoms with E-state index in [0.717, 1.165) is 29.6 Å². The smallest absolute Gasteiger partial charge is 0.265 e. The summed E-state index contributed by atoms with van der Waals surface area (Å²) in [5, 5.41) is 0. The zero-order valence-electron chi connectivity index (χ0n) is 18.1. The van der Waals surface area contributed by atoms with Gasteiger partial charge in [0.25, 0.3) is 10.1 Å². The molecule has 0 fully saturated rings. The monoisotopic (exact) mass is 410 g/mol. The largest absolute Gasteiger partial charge is 0.320 e. The second kappa shape index (κ2) is 12.4. The molecule has 0 heterocycles. The van der Waals surface area contributed by atoms with Crippen molar-refractivity contribution in [3.63, 3.8) is 0 Å². The Morgan fingerprint density at radius 3 is 2.39 bits per heavy atom. The molecule has 0 aromatic heterocycles. The molecule has 0 saturated heterocycles. The number of hydrogen-bond acceptors (Lipinski definition) is 2. The molecular formula is C23H40NO3S+. The third-order valence-corrected chi connectivity index (χ3v) is 6.72. The van der Waals surface area contributed by atoms with E-state index in [-0.39, 0.29) is 5.75 Å². The fourth-order valence-corrected chi connectivity index (χ4v) is 4.36. The van der Waals surface area contributed by atoms with Crippen LogP contribution < -0.4 is 0 Å². The number of hydrogen-bond donors (Lipinski definition) is 1. The molecule has 5 heteroatoms. The van der Waals surface area contributed by atoms with Crippen molar-refractivity contribution in [2.24, 2.45) is 0 Å². The molecule has 4 nitrogen and oxygen atoms in total. The topological polar surface area (TPSA) is 54.4 Å². The molecule has 0 spiro atoms. The number of unbranched alkanes of at least 4 members (excludes halogenated alkanes) is 5. The lowest BCUT2D eigenvalue weighted by atomic mass is 10.0. The second-order valence-electron chi connectivity index (χ2n) is 8.31. The molecule has 0 radical (unpaired) electrons. The predicted octanol–water partition coefficient (Wildman–Crippen LogP) is 5.69. The number of quaternary nitrogens is 1. The first kappa shape index (κ1) is 24.9. The predicted molar refractivity (Wildman–Crippen MR) is 120 cm³/mol. The van der Waals surface area contributed by atoms with Gasteiger partial charge in [-0.05, 0) is 25.3 Å². The summed E-state index contributed by atoms with van der Waals surface area (Å²) < 4.78 is 32.3. The quantitative estimate of drug-likeness (QED) is 0.229. The third kappa shape index (κ3) is 9.35. The zero-order chi connectivity index (χ0) is 21.0. The van der Waals surface area contributed by atoms with E-state index in [2.05, 4.69) is 39.6 Å². The van der Waals surface area contributed by atoms with Crippen molar-refractivity contribution in [3.05, 3.63) is 42.0 Å². The van der Waals surface area contributed by atoms with E-state index >= 15 is 0 Å². The van der Waals surface area contributed by atoms with Crippen LogP contribution in [0.15, 0.2) is 30.8 Å². The van der Waals surface area contributed by atoms with E-state index in [1.165, 1.54) is 44.1 Å². The average molecular weight is 411 g/mol. The van der Waals surface area contributed by atoms with Gasteiger partial charge < -0.3 is 4.48 Å². The van der Waals surface area contributed by atoms with E-state index < -0.39 is 10.1 Å². The summed E-state index contributed by atoms with van der Waals surface area (Å²) in [4.78, 5) is 0. The van der Waals surface area contributed by atoms with Gasteiger partial charge in [0.05, 0.1) is 25.4 Å². The Morgan fingerprint density at radius 1 is 1.11 bits per heavy atom. The van der Waals surface area contributed by atoms with Crippen LogP contribution in [-0.2, 0) is 16.7 Å². The van der Waals surface area contributed by atoms with Crippen LogP contribution in [0.3, 0.4) is 0 Å². The van der Waals surface area contributed by atoms with Crippen molar-refractivity contribution >= 4 is 16.2 Å². The minimum Gasteiger partial charge on any atom is -0.320 e. The molecule has 0 aliphatic rings. The van der Waals surface area contributed by atoms with Crippen molar-refractivity contribution < 1.29 is 17.5 Å². The highest BCUT2D eigenvalue weighted by Crippen LogP contribution is 2.24. The normalized spacial score (nSPS) is 15.1. The summed E-state index contributed by atoms with van der Waals surface area (Å²) >= 11 is 0. The Balaban J connectivity index is 2.79. The summed E-state index contributed by atoms with van der Waals surface area (Å²) in [6, 6.07) is 8.69. The fraction of sp³-hybridized carbons (Fsp3) is 0.652. The maximum Gasteiger partial charge on any atom is 0.265 e. The maximum absolute atomic E-state index is 11.2. The van der Waals surface area contributed by atoms with Crippen LogP contribution in [0.1, 0.15) is 76.3 Å². The summed E-state index contributed by atoms with van der Waals surface area (Å²) in [6.07, 6.45) is 11.1. The summed E-state index contributed by atoms with van der Waals surface area (Å²) in [6.45, 7) is 10.00. The molecule has 0 bridgehead atoms. The van der Waals surface area contributed by atoms with E-state index in [1.807, 2.05) is 18.2 Å². The van der Waals surface area contributed by atoms with E-state index in [1.54, 1.807) is 0 Å². The van der Waals surface area contributed by atoms with Crippen LogP contribution in [-0.4, -0.2) is 42.8 Å². The first-order valence-electron chi connectivity index (χ1n) is 10.7. The van der Waals surface area contributed by atoms with Crippen molar-refractivity contribution in [3.8, 4) is 0 Å². The summed E-state index contributed by atoms with van der Waals surface area (Å²) in [5.74, 6) is -0.173. The standard InChI is InChI=1S/C23H39NO3S/c1-5-7-8-9-10-11-15-21(3)24(4,18-14-19-28(25,26)27)20-23-17-13-12-16-22(23)6-2/h6,12-13,16-17,21H,2,5,7-11,14-15,18-20H2,1,3-4H3/p+1. The Hall–Kier alpha value is -1.17. The Morgan fingerprint density at radius 2 is 1.75 bits per heavy atom. The van der Waals surface area contributed by atoms with E-state index in [0.29, 0.717) is 12.5 Å². The highest BCUT2D eigenvalue weighted by Gasteiger charge is 2.30. The van der Waals surface area contributed by atoms with Crippen LogP contribution >= 0.6 is 0 Å². The molecular weight excluding hydrogens is 370 g/mol. The Kier molecular flexibility index (Phi) is 11.0. The number of rotatable bonds is 15. The molecule has 2 atom stereocenters. The molecule has 0 aliphatic carbocycles. The highest BCUT2D eigenvalue weighted by molar-refractivity contribution is 7.85. The van der Waals surface area contributed by atoms with Crippen molar-refractivity contribution in [1.82, 2.24) is 0 Å². The van der Waals surface area contributed by atoms with Crippen molar-refractivity contribution in [2.75, 3.05) is 19.3 Å². The lowest BCUT2D eigenvalue weighted by Gasteiger charge is -2.41. The summed E-state index contributed by atoms with van der Waals surface area (Å²) in [7, 11) is -1.70. The minimum absolute atomic E-state index is 0.173. The molecule has 1 N–H and O–H groups in total. The Labute approximate surface area is 173 Å². The van der Waals surface area contributed by atoms with Gasteiger partial charge in [0.15, 0.2) is 0 Å². The van der Waals surface area contributed by atoms with Crippen LogP contribution in [0, 0.1) is 0 Å². The molecule has 28 heavy (non-hydrogen) atoms. The van der Waals surface area contributed by atoms with Gasteiger partial charge in [-0.3, -0.25) is 4.55 Å². The van der Waals surface area contributed by atoms with Gasteiger partial charge >= 0.3 is 0 Å². The van der Waals surface area contributed by atoms with Gasteiger partial charge in [0.2, 0.25) is 0 Å². The first-order valence-corrected chi connectivity index (χ1v) is 12.3. The van der Waals surface area contributed by atoms with Crippen LogP contribution in [0.4, 0.5) is 0 Å². The van der Waals surface area contributed by atoms with Crippen LogP contribution in [0.2, 0.25) is 0 Å². The van der Waals surface area contributed by atoms with Gasteiger partial charge in [0.1, 0.15) is 6.54 Å². The van der Waals surface area contributed by atoms with Crippen LogP contribution in [0.25, 0.3) is 6.08 Å². The molecule has 1 rings (SSSR count). The fourth-order valence-electron chi connectivity index (χ4n) is 3.86. The first-order chi connectivity index (χ1) is 13.2. The zero-order valence-corrected chi connectivity index (χ0v) is 18.9. The lowest BCUT2D eigenvalue weighted by molar-refractivity contribution is -0.944. The molecule has 2 unspecified atom stereocenters. The molecule has 1 aromatic carbocycles.